The van der Waals surface area contributed by atoms with E-state index in [0.717, 1.165) is 0 Å². The summed E-state index contributed by atoms with van der Waals surface area (Å²) < 4.78 is 141. The summed E-state index contributed by atoms with van der Waals surface area (Å²) in [5.74, 6) is -7.14. The molecule has 0 saturated carbocycles. The molecule has 10 aliphatic heterocycles. The fourth-order valence-corrected chi connectivity index (χ4v) is 15.3. The smallest absolute Gasteiger partial charge is 0.342 e. The SMILES string of the molecule is COC[C@H]1OC(OC2OC[C@@H]3OC4(OC3[C@H]2OC(=O)CC(C)C)OC(C)C(O)(C(C)=O)C2OCOC24)[C@@H](OC)C(O)C1O[C@@H]1O[C@H](C)[C@H](OC)[C@H](OC2O[C@H](C)[C@H]3OC4(C[C@@H](O)[C@H](O[C@H]5C[C@@H](O)[C@H](OC(=O)c6c(C)c(Cl)c(O)c(Cl)c6OC)[C@@H](C)O5)[C@@H](C)O4)O[C@]3(C)[C@@H]2O)[C@H]1O. The second-order valence-corrected chi connectivity index (χ2v) is 27.5. The van der Waals surface area contributed by atoms with E-state index >= 15 is 0 Å². The number of aliphatic hydroxyl groups is 6. The molecule has 0 radical (unpaired) electrons. The molecular weight excluding hydrogens is 1340 g/mol. The predicted octanol–water partition coefficient (Wildman–Crippen LogP) is 0.413. The van der Waals surface area contributed by atoms with Gasteiger partial charge in [-0.25, -0.2) is 4.79 Å². The van der Waals surface area contributed by atoms with Crippen LogP contribution < -0.4 is 4.74 Å². The number of ether oxygens (including phenoxy) is 23. The highest BCUT2D eigenvalue weighted by molar-refractivity contribution is 6.39. The van der Waals surface area contributed by atoms with Crippen molar-refractivity contribution < 1.29 is 159 Å². The molecule has 10 saturated heterocycles. The summed E-state index contributed by atoms with van der Waals surface area (Å²) in [7, 11) is 5.25. The van der Waals surface area contributed by atoms with Crippen molar-refractivity contribution >= 4 is 40.9 Å². The van der Waals surface area contributed by atoms with Gasteiger partial charge in [-0.3, -0.25) is 9.59 Å². The van der Waals surface area contributed by atoms with Crippen molar-refractivity contribution in [1.82, 2.24) is 0 Å². The largest absolute Gasteiger partial charge is 0.505 e. The van der Waals surface area contributed by atoms with Crippen LogP contribution in [0.5, 0.6) is 11.5 Å². The maximum atomic E-state index is 13.6. The second-order valence-electron chi connectivity index (χ2n) is 26.8. The average Bonchev–Trinajstić information content (AvgIpc) is 1.59. The van der Waals surface area contributed by atoms with E-state index in [2.05, 4.69) is 0 Å². The number of rotatable bonds is 19. The van der Waals surface area contributed by atoms with Crippen LogP contribution in [0.25, 0.3) is 0 Å². The van der Waals surface area contributed by atoms with Crippen LogP contribution in [0.4, 0.5) is 0 Å². The number of fused-ring (bicyclic) bond motifs is 4. The summed E-state index contributed by atoms with van der Waals surface area (Å²) in [6.07, 6.45) is -36.9. The number of aromatic hydroxyl groups is 1. The van der Waals surface area contributed by atoms with Crippen LogP contribution in [-0.4, -0.2) is 297 Å². The van der Waals surface area contributed by atoms with E-state index in [1.165, 1.54) is 49.2 Å². The van der Waals surface area contributed by atoms with Crippen LogP contribution in [-0.2, 0) is 114 Å². The highest BCUT2D eigenvalue weighted by Crippen LogP contribution is 2.53. The molecule has 32 atom stereocenters. The molecule has 35 heteroatoms. The molecule has 10 fully saturated rings. The highest BCUT2D eigenvalue weighted by Gasteiger charge is 2.73. The maximum Gasteiger partial charge on any atom is 0.342 e. The van der Waals surface area contributed by atoms with Crippen molar-refractivity contribution in [3.63, 3.8) is 0 Å². The van der Waals surface area contributed by atoms with Gasteiger partial charge < -0.3 is 145 Å². The molecule has 0 aromatic heterocycles. The standard InChI is InChI=1S/C62H90Cl2O33/c1-21(2)15-33(68)86-49-45-32(94-62(95-45)53-52(80-20-81-53)61(74,27(8)65)28(9)93-62)19-79-56(49)91-57-48(78-14)39(70)44(31(85-57)18-75-11)89-55-40(71)47(43(76-12)24(5)83-55)90-58-50(72)59(10)51(26(7)84-58)96-60(97-59)17-30(67)42(25(6)92-60)87-34-16-29(66)41(23(4)82-34)88-54(73)35-22(3)36(63)38(69)37(64)46(35)77-13/h21,23-26,28-32,34,39-45,47-53,55-58,66-67,69-72,74H,15-20H2,1-14H3/t23-,24-,25-,26-,28?,29-,30-,31-,32+,34+,39?,40-,41-,42-,43+,44?,45?,47-,48+,49-,50-,51-,52?,53?,55+,56?,57?,58?,59-,60?,61?,62?/m1/s1. The lowest BCUT2D eigenvalue weighted by Crippen LogP contribution is -2.72. The summed E-state index contributed by atoms with van der Waals surface area (Å²) in [6.45, 7) is 14.9. The number of esters is 2. The van der Waals surface area contributed by atoms with E-state index in [-0.39, 0.29) is 72.1 Å². The maximum absolute atomic E-state index is 13.6. The number of phenolic OH excluding ortho intramolecular Hbond substituents is 1. The van der Waals surface area contributed by atoms with Crippen LogP contribution in [0.2, 0.25) is 10.0 Å². The first-order chi connectivity index (χ1) is 45.8. The van der Waals surface area contributed by atoms with Gasteiger partial charge in [0, 0.05) is 34.2 Å². The summed E-state index contributed by atoms with van der Waals surface area (Å²) in [5.41, 5.74) is -3.87. The number of hydrogen-bond donors (Lipinski definition) is 7. The quantitative estimate of drug-likeness (QED) is 0.0923. The number of benzene rings is 1. The van der Waals surface area contributed by atoms with Crippen LogP contribution in [0.15, 0.2) is 0 Å². The van der Waals surface area contributed by atoms with Gasteiger partial charge in [0.05, 0.1) is 74.5 Å². The molecule has 550 valence electrons. The van der Waals surface area contributed by atoms with Gasteiger partial charge in [-0.2, -0.15) is 0 Å². The third-order valence-corrected chi connectivity index (χ3v) is 20.5. The van der Waals surface area contributed by atoms with Crippen LogP contribution in [0, 0.1) is 12.8 Å². The van der Waals surface area contributed by atoms with E-state index in [9.17, 15) is 50.1 Å². The van der Waals surface area contributed by atoms with Crippen molar-refractivity contribution in [3.05, 3.63) is 21.2 Å². The van der Waals surface area contributed by atoms with Gasteiger partial charge in [0.1, 0.15) is 102 Å². The van der Waals surface area contributed by atoms with E-state index in [0.29, 0.717) is 0 Å². The number of carbonyl (C=O) groups excluding carboxylic acids is 3. The molecule has 1 aromatic rings. The first-order valence-electron chi connectivity index (χ1n) is 32.3. The Labute approximate surface area is 568 Å². The molecule has 0 amide bonds. The monoisotopic (exact) mass is 1430 g/mol. The number of phenols is 1. The number of hydrogen-bond acceptors (Lipinski definition) is 33. The Bertz CT molecular complexity index is 2950. The zero-order valence-corrected chi connectivity index (χ0v) is 57.5. The van der Waals surface area contributed by atoms with Gasteiger partial charge in [0.15, 0.2) is 66.4 Å². The third-order valence-electron chi connectivity index (χ3n) is 19.7. The molecule has 97 heavy (non-hydrogen) atoms. The highest BCUT2D eigenvalue weighted by atomic mass is 35.5. The van der Waals surface area contributed by atoms with Crippen LogP contribution in [0.3, 0.4) is 0 Å². The Morgan fingerprint density at radius 2 is 1.34 bits per heavy atom. The van der Waals surface area contributed by atoms with Crippen LogP contribution in [0.1, 0.15) is 97.5 Å². The fourth-order valence-electron chi connectivity index (χ4n) is 14.8. The zero-order chi connectivity index (χ0) is 70.4. The van der Waals surface area contributed by atoms with Gasteiger partial charge in [0.2, 0.25) is 6.29 Å². The van der Waals surface area contributed by atoms with Crippen molar-refractivity contribution in [2.45, 2.75) is 283 Å². The van der Waals surface area contributed by atoms with E-state index in [4.69, 9.17) is 132 Å². The van der Waals surface area contributed by atoms with Crippen molar-refractivity contribution in [2.75, 3.05) is 48.4 Å². The third kappa shape index (κ3) is 13.7. The minimum absolute atomic E-state index is 0.0275. The summed E-state index contributed by atoms with van der Waals surface area (Å²) >= 11 is 12.5. The zero-order valence-electron chi connectivity index (χ0n) is 56.0. The number of carbonyl (C=O) groups is 3. The van der Waals surface area contributed by atoms with Crippen molar-refractivity contribution in [3.8, 4) is 11.5 Å². The van der Waals surface area contributed by atoms with E-state index in [1.54, 1.807) is 34.6 Å². The van der Waals surface area contributed by atoms with E-state index in [1.807, 2.05) is 13.8 Å². The lowest BCUT2D eigenvalue weighted by molar-refractivity contribution is -0.428. The number of methoxy groups -OCH3 is 4. The van der Waals surface area contributed by atoms with Crippen LogP contribution >= 0.6 is 23.2 Å². The molecule has 10 heterocycles. The predicted molar refractivity (Wildman–Crippen MR) is 319 cm³/mol. The lowest BCUT2D eigenvalue weighted by Gasteiger charge is -2.50. The topological polar surface area (TPSA) is 405 Å². The molecule has 33 nitrogen and oxygen atoms in total. The summed E-state index contributed by atoms with van der Waals surface area (Å²) in [6, 6.07) is 0. The van der Waals surface area contributed by atoms with Crippen molar-refractivity contribution in [2.24, 2.45) is 5.92 Å². The molecule has 11 rings (SSSR count). The summed E-state index contributed by atoms with van der Waals surface area (Å²) in [5, 5.41) is 81.5. The molecule has 7 N–H and O–H groups in total. The Hall–Kier alpha value is -3.03. The first-order valence-corrected chi connectivity index (χ1v) is 33.1. The van der Waals surface area contributed by atoms with Gasteiger partial charge >= 0.3 is 17.9 Å². The summed E-state index contributed by atoms with van der Waals surface area (Å²) in [4.78, 5) is 40.0. The molecule has 0 aliphatic carbocycles. The normalized spacial score (nSPS) is 47.4. The van der Waals surface area contributed by atoms with Gasteiger partial charge in [0.25, 0.3) is 5.97 Å². The molecular formula is C62H90Cl2O33. The number of ketones is 1. The average molecular weight is 1430 g/mol. The van der Waals surface area contributed by atoms with Gasteiger partial charge in [-0.1, -0.05) is 37.0 Å². The molecule has 10 aliphatic rings. The Morgan fingerprint density at radius 3 is 1.99 bits per heavy atom. The number of Topliss-reactive ketones (excluding diaryl/α,β-unsaturated/α-hetero) is 1. The lowest BCUT2D eigenvalue weighted by atomic mass is 9.81. The van der Waals surface area contributed by atoms with Gasteiger partial charge in [-0.15, -0.1) is 0 Å². The Morgan fingerprint density at radius 1 is 0.660 bits per heavy atom. The Balaban J connectivity index is 0.734. The molecule has 12 unspecified atom stereocenters. The fraction of sp³-hybridized carbons (Fsp3) is 0.855. The minimum Gasteiger partial charge on any atom is -0.505 e. The molecule has 0 bridgehead atoms. The first kappa shape index (κ1) is 75.1. The number of halogens is 2. The molecule has 2 spiro atoms. The minimum atomic E-state index is -2.14. The van der Waals surface area contributed by atoms with Crippen molar-refractivity contribution in [1.29, 1.82) is 0 Å². The number of aliphatic hydroxyl groups excluding tert-OH is 5. The molecule has 1 aromatic carbocycles. The second kappa shape index (κ2) is 29.2. The Kier molecular flexibility index (Phi) is 22.7. The van der Waals surface area contributed by atoms with Gasteiger partial charge in [-0.05, 0) is 66.9 Å². The van der Waals surface area contributed by atoms with E-state index < -0.39 is 218 Å².